The summed E-state index contributed by atoms with van der Waals surface area (Å²) in [6, 6.07) is 11.9. The molecule has 1 saturated heterocycles. The van der Waals surface area contributed by atoms with Gasteiger partial charge in [0.1, 0.15) is 18.4 Å². The van der Waals surface area contributed by atoms with Crippen LogP contribution < -0.4 is 5.56 Å². The zero-order valence-corrected chi connectivity index (χ0v) is 14.7. The number of benzene rings is 1. The predicted octanol–water partition coefficient (Wildman–Crippen LogP) is 2.03. The maximum Gasteiger partial charge on any atom is 0.293 e. The minimum atomic E-state index is -0.306. The van der Waals surface area contributed by atoms with Crippen LogP contribution in [0.5, 0.6) is 0 Å². The summed E-state index contributed by atoms with van der Waals surface area (Å²) in [6.45, 7) is 2.01. The van der Waals surface area contributed by atoms with E-state index >= 15 is 0 Å². The number of amides is 1. The largest absolute Gasteiger partial charge is 0.331 e. The molecule has 7 heteroatoms. The fourth-order valence-electron chi connectivity index (χ4n) is 3.81. The van der Waals surface area contributed by atoms with Gasteiger partial charge in [0.05, 0.1) is 12.2 Å². The normalized spacial score (nSPS) is 20.4. The number of fused-ring (bicyclic) bond motifs is 1. The van der Waals surface area contributed by atoms with E-state index in [0.29, 0.717) is 5.52 Å². The Balaban J connectivity index is 1.63. The van der Waals surface area contributed by atoms with E-state index in [4.69, 9.17) is 0 Å². The van der Waals surface area contributed by atoms with Crippen LogP contribution in [0.4, 0.5) is 0 Å². The first-order chi connectivity index (χ1) is 12.6. The summed E-state index contributed by atoms with van der Waals surface area (Å²) in [4.78, 5) is 27.5. The Morgan fingerprint density at radius 2 is 1.96 bits per heavy atom. The van der Waals surface area contributed by atoms with Crippen LogP contribution in [0.3, 0.4) is 0 Å². The highest BCUT2D eigenvalue weighted by molar-refractivity contribution is 5.77. The van der Waals surface area contributed by atoms with Crippen molar-refractivity contribution >= 4 is 11.4 Å². The van der Waals surface area contributed by atoms with Crippen LogP contribution in [0.15, 0.2) is 53.7 Å². The SMILES string of the molecule is C[C@H]1CCC[C@@H](c2ccccc2)N1C(=O)Cn1ncn2nccc2c1=O. The summed E-state index contributed by atoms with van der Waals surface area (Å²) in [5.41, 5.74) is 1.25. The van der Waals surface area contributed by atoms with Crippen LogP contribution in [0.1, 0.15) is 37.8 Å². The number of nitrogens with zero attached hydrogens (tertiary/aromatic N) is 5. The first kappa shape index (κ1) is 16.5. The Morgan fingerprint density at radius 3 is 2.77 bits per heavy atom. The maximum absolute atomic E-state index is 13.1. The molecule has 26 heavy (non-hydrogen) atoms. The first-order valence-electron chi connectivity index (χ1n) is 8.91. The summed E-state index contributed by atoms with van der Waals surface area (Å²) in [5, 5.41) is 8.09. The van der Waals surface area contributed by atoms with Crippen molar-refractivity contribution in [1.82, 2.24) is 24.3 Å². The van der Waals surface area contributed by atoms with E-state index in [-0.39, 0.29) is 30.1 Å². The summed E-state index contributed by atoms with van der Waals surface area (Å²) >= 11 is 0. The number of likely N-dealkylation sites (tertiary alicyclic amines) is 1. The zero-order chi connectivity index (χ0) is 18.1. The fourth-order valence-corrected chi connectivity index (χ4v) is 3.81. The van der Waals surface area contributed by atoms with Crippen molar-refractivity contribution in [2.75, 3.05) is 0 Å². The van der Waals surface area contributed by atoms with Crippen LogP contribution in [0.25, 0.3) is 5.52 Å². The van der Waals surface area contributed by atoms with Gasteiger partial charge in [0, 0.05) is 6.04 Å². The Morgan fingerprint density at radius 1 is 1.15 bits per heavy atom. The lowest BCUT2D eigenvalue weighted by Crippen LogP contribution is -2.46. The van der Waals surface area contributed by atoms with Crippen molar-refractivity contribution in [1.29, 1.82) is 0 Å². The van der Waals surface area contributed by atoms with Crippen molar-refractivity contribution in [3.8, 4) is 0 Å². The maximum atomic E-state index is 13.1. The molecule has 2 aromatic heterocycles. The standard InChI is InChI=1S/C19H21N5O2/c1-14-6-5-9-16(15-7-3-2-4-8-15)24(14)18(25)12-22-19(26)17-10-11-20-23(17)13-21-22/h2-4,7-8,10-11,13-14,16H,5-6,9,12H2,1H3/t14-,16-/m0/s1. The minimum Gasteiger partial charge on any atom is -0.331 e. The van der Waals surface area contributed by atoms with Gasteiger partial charge in [-0.2, -0.15) is 10.2 Å². The van der Waals surface area contributed by atoms with E-state index in [0.717, 1.165) is 24.8 Å². The highest BCUT2D eigenvalue weighted by Crippen LogP contribution is 2.34. The lowest BCUT2D eigenvalue weighted by Gasteiger charge is -2.41. The second kappa shape index (κ2) is 6.74. The quantitative estimate of drug-likeness (QED) is 0.724. The van der Waals surface area contributed by atoms with E-state index in [2.05, 4.69) is 29.3 Å². The molecule has 1 aliphatic heterocycles. The highest BCUT2D eigenvalue weighted by Gasteiger charge is 2.32. The van der Waals surface area contributed by atoms with E-state index in [1.807, 2.05) is 23.1 Å². The molecule has 0 saturated carbocycles. The van der Waals surface area contributed by atoms with E-state index in [1.54, 1.807) is 12.3 Å². The number of hydrogen-bond acceptors (Lipinski definition) is 4. The molecule has 1 aliphatic rings. The first-order valence-corrected chi connectivity index (χ1v) is 8.91. The smallest absolute Gasteiger partial charge is 0.293 e. The second-order valence-electron chi connectivity index (χ2n) is 6.76. The van der Waals surface area contributed by atoms with Crippen LogP contribution in [0.2, 0.25) is 0 Å². The lowest BCUT2D eigenvalue weighted by atomic mass is 9.91. The lowest BCUT2D eigenvalue weighted by molar-refractivity contribution is -0.139. The average molecular weight is 351 g/mol. The van der Waals surface area contributed by atoms with Gasteiger partial charge in [-0.05, 0) is 37.8 Å². The fraction of sp³-hybridized carbons (Fsp3) is 0.368. The molecule has 3 heterocycles. The second-order valence-corrected chi connectivity index (χ2v) is 6.76. The molecule has 2 atom stereocenters. The molecular formula is C19H21N5O2. The predicted molar refractivity (Wildman–Crippen MR) is 96.6 cm³/mol. The number of hydrogen-bond donors (Lipinski definition) is 0. The van der Waals surface area contributed by atoms with Crippen molar-refractivity contribution in [3.05, 3.63) is 64.8 Å². The van der Waals surface area contributed by atoms with Gasteiger partial charge in [-0.3, -0.25) is 9.59 Å². The van der Waals surface area contributed by atoms with Crippen molar-refractivity contribution in [2.24, 2.45) is 0 Å². The molecule has 1 aromatic carbocycles. The number of rotatable bonds is 3. The molecule has 7 nitrogen and oxygen atoms in total. The van der Waals surface area contributed by atoms with Gasteiger partial charge in [-0.1, -0.05) is 30.3 Å². The summed E-state index contributed by atoms with van der Waals surface area (Å²) < 4.78 is 2.64. The topological polar surface area (TPSA) is 72.5 Å². The van der Waals surface area contributed by atoms with Gasteiger partial charge in [0.2, 0.25) is 5.91 Å². The molecule has 0 bridgehead atoms. The van der Waals surface area contributed by atoms with Crippen LogP contribution in [-0.4, -0.2) is 36.2 Å². The molecule has 0 radical (unpaired) electrons. The molecule has 1 fully saturated rings. The number of carbonyl (C=O) groups excluding carboxylic acids is 1. The summed E-state index contributed by atoms with van der Waals surface area (Å²) in [7, 11) is 0. The molecule has 134 valence electrons. The number of aromatic nitrogens is 4. The molecule has 4 rings (SSSR count). The van der Waals surface area contributed by atoms with Crippen molar-refractivity contribution in [3.63, 3.8) is 0 Å². The third kappa shape index (κ3) is 2.89. The molecule has 0 aliphatic carbocycles. The molecule has 0 N–H and O–H groups in total. The molecule has 0 spiro atoms. The molecular weight excluding hydrogens is 330 g/mol. The van der Waals surface area contributed by atoms with Gasteiger partial charge in [-0.15, -0.1) is 0 Å². The van der Waals surface area contributed by atoms with Gasteiger partial charge in [0.15, 0.2) is 0 Å². The van der Waals surface area contributed by atoms with Gasteiger partial charge < -0.3 is 4.90 Å². The van der Waals surface area contributed by atoms with Gasteiger partial charge in [-0.25, -0.2) is 9.20 Å². The Hall–Kier alpha value is -2.96. The Kier molecular flexibility index (Phi) is 4.28. The van der Waals surface area contributed by atoms with E-state index in [9.17, 15) is 9.59 Å². The summed E-state index contributed by atoms with van der Waals surface area (Å²) in [5.74, 6) is -0.0791. The molecule has 1 amide bonds. The molecule has 3 aromatic rings. The van der Waals surface area contributed by atoms with E-state index in [1.165, 1.54) is 15.5 Å². The van der Waals surface area contributed by atoms with Crippen LogP contribution >= 0.6 is 0 Å². The van der Waals surface area contributed by atoms with Crippen molar-refractivity contribution < 1.29 is 4.79 Å². The van der Waals surface area contributed by atoms with Gasteiger partial charge >= 0.3 is 0 Å². The van der Waals surface area contributed by atoms with Gasteiger partial charge in [0.25, 0.3) is 5.56 Å². The average Bonchev–Trinajstić information content (AvgIpc) is 3.14. The third-order valence-corrected chi connectivity index (χ3v) is 5.09. The van der Waals surface area contributed by atoms with Crippen LogP contribution in [-0.2, 0) is 11.3 Å². The van der Waals surface area contributed by atoms with E-state index < -0.39 is 0 Å². The zero-order valence-electron chi connectivity index (χ0n) is 14.7. The monoisotopic (exact) mass is 351 g/mol. The number of carbonyl (C=O) groups is 1. The molecule has 0 unspecified atom stereocenters. The minimum absolute atomic E-state index is 0.0434. The number of piperidine rings is 1. The van der Waals surface area contributed by atoms with Crippen LogP contribution in [0, 0.1) is 0 Å². The Bertz CT molecular complexity index is 978. The highest BCUT2D eigenvalue weighted by atomic mass is 16.2. The third-order valence-electron chi connectivity index (χ3n) is 5.09. The summed E-state index contributed by atoms with van der Waals surface area (Å²) in [6.07, 6.45) is 5.99. The van der Waals surface area contributed by atoms with Crippen molar-refractivity contribution in [2.45, 2.75) is 44.8 Å². The Labute approximate surface area is 150 Å².